The average molecular weight is 194 g/mol. The van der Waals surface area contributed by atoms with Crippen molar-refractivity contribution in [3.63, 3.8) is 0 Å². The second kappa shape index (κ2) is 3.72. The van der Waals surface area contributed by atoms with E-state index in [0.29, 0.717) is 13.2 Å². The fourth-order valence-electron chi connectivity index (χ4n) is 1.12. The summed E-state index contributed by atoms with van der Waals surface area (Å²) in [6, 6.07) is 7.92. The van der Waals surface area contributed by atoms with Gasteiger partial charge in [-0.05, 0) is 12.1 Å². The summed E-state index contributed by atoms with van der Waals surface area (Å²) in [6.45, 7) is 1.08. The van der Waals surface area contributed by atoms with Crippen LogP contribution in [0.15, 0.2) is 24.3 Å². The van der Waals surface area contributed by atoms with Crippen molar-refractivity contribution >= 4 is 22.4 Å². The van der Waals surface area contributed by atoms with Crippen LogP contribution in [0.3, 0.4) is 0 Å². The Morgan fingerprint density at radius 3 is 3.08 bits per heavy atom. The molecule has 1 aromatic carbocycles. The molecule has 0 atom stereocenters. The van der Waals surface area contributed by atoms with Gasteiger partial charge in [0.15, 0.2) is 0 Å². The molecule has 0 amide bonds. The molecule has 0 saturated heterocycles. The Balaban J connectivity index is 2.35. The van der Waals surface area contributed by atoms with Gasteiger partial charge in [0, 0.05) is 18.1 Å². The van der Waals surface area contributed by atoms with E-state index in [0.717, 1.165) is 16.0 Å². The lowest BCUT2D eigenvalue weighted by Crippen LogP contribution is -2.09. The second-order valence-electron chi connectivity index (χ2n) is 2.62. The fraction of sp³-hybridized carbons (Fsp3) is 0.222. The molecule has 0 aliphatic heterocycles. The molecule has 0 saturated carbocycles. The Hall–Kier alpha value is -1.13. The van der Waals surface area contributed by atoms with E-state index in [9.17, 15) is 0 Å². The summed E-state index contributed by atoms with van der Waals surface area (Å²) in [5.74, 6) is 0. The number of fused-ring (bicyclic) bond motifs is 1. The van der Waals surface area contributed by atoms with Crippen LogP contribution in [0, 0.1) is 0 Å². The van der Waals surface area contributed by atoms with Gasteiger partial charge in [0.05, 0.1) is 10.9 Å². The van der Waals surface area contributed by atoms with E-state index < -0.39 is 0 Å². The summed E-state index contributed by atoms with van der Waals surface area (Å²) in [5, 5.41) is 1.93. The molecule has 2 aromatic rings. The second-order valence-corrected chi connectivity index (χ2v) is 3.36. The van der Waals surface area contributed by atoms with Crippen LogP contribution < -0.4 is 10.5 Å². The Morgan fingerprint density at radius 2 is 2.23 bits per heavy atom. The lowest BCUT2D eigenvalue weighted by molar-refractivity contribution is 0.341. The zero-order chi connectivity index (χ0) is 9.10. The minimum absolute atomic E-state index is 0.534. The van der Waals surface area contributed by atoms with Crippen LogP contribution in [0.25, 0.3) is 10.9 Å². The van der Waals surface area contributed by atoms with Gasteiger partial charge < -0.3 is 10.5 Å². The molecule has 1 aromatic heterocycles. The Bertz CT molecular complexity index is 399. The number of hydrogen-bond acceptors (Lipinski definition) is 4. The first-order chi connectivity index (χ1) is 6.42. The van der Waals surface area contributed by atoms with Crippen molar-refractivity contribution in [3.8, 4) is 5.06 Å². The van der Waals surface area contributed by atoms with Crippen LogP contribution in [0.1, 0.15) is 0 Å². The van der Waals surface area contributed by atoms with Crippen molar-refractivity contribution < 1.29 is 4.74 Å². The summed E-state index contributed by atoms with van der Waals surface area (Å²) < 4.78 is 9.69. The summed E-state index contributed by atoms with van der Waals surface area (Å²) in [5.41, 5.74) is 6.33. The van der Waals surface area contributed by atoms with E-state index in [1.54, 1.807) is 0 Å². The molecule has 3 nitrogen and oxygen atoms in total. The monoisotopic (exact) mass is 194 g/mol. The molecular weight excluding hydrogens is 184 g/mol. The van der Waals surface area contributed by atoms with Crippen LogP contribution >= 0.6 is 11.5 Å². The number of nitrogens with two attached hydrogens (primary N) is 1. The van der Waals surface area contributed by atoms with Gasteiger partial charge in [-0.15, -0.1) is 0 Å². The lowest BCUT2D eigenvalue weighted by atomic mass is 10.3. The van der Waals surface area contributed by atoms with Gasteiger partial charge in [-0.2, -0.15) is 4.37 Å². The van der Waals surface area contributed by atoms with Gasteiger partial charge in [-0.1, -0.05) is 12.1 Å². The molecule has 2 rings (SSSR count). The molecule has 13 heavy (non-hydrogen) atoms. The van der Waals surface area contributed by atoms with Gasteiger partial charge in [0.1, 0.15) is 6.61 Å². The number of ether oxygens (including phenoxy) is 1. The number of nitrogens with zero attached hydrogens (tertiary/aromatic N) is 1. The summed E-state index contributed by atoms with van der Waals surface area (Å²) in [7, 11) is 0. The topological polar surface area (TPSA) is 48.1 Å². The lowest BCUT2D eigenvalue weighted by Gasteiger charge is -1.99. The van der Waals surface area contributed by atoms with Gasteiger partial charge in [-0.3, -0.25) is 0 Å². The van der Waals surface area contributed by atoms with Crippen LogP contribution in [0.2, 0.25) is 0 Å². The number of aromatic nitrogens is 1. The standard InChI is InChI=1S/C9H10N2OS/c10-5-6-12-9-7-3-1-2-4-8(7)11-13-9/h1-4H,5-6,10H2. The van der Waals surface area contributed by atoms with E-state index in [1.807, 2.05) is 24.3 Å². The van der Waals surface area contributed by atoms with Crippen molar-refractivity contribution in [1.82, 2.24) is 4.37 Å². The Morgan fingerprint density at radius 1 is 1.38 bits per heavy atom. The maximum absolute atomic E-state index is 5.44. The van der Waals surface area contributed by atoms with Crippen molar-refractivity contribution in [3.05, 3.63) is 24.3 Å². The quantitative estimate of drug-likeness (QED) is 0.808. The fourth-order valence-corrected chi connectivity index (χ4v) is 1.87. The van der Waals surface area contributed by atoms with Crippen LogP contribution in [-0.2, 0) is 0 Å². The molecule has 1 heterocycles. The minimum atomic E-state index is 0.534. The molecule has 0 radical (unpaired) electrons. The predicted molar refractivity (Wildman–Crippen MR) is 54.2 cm³/mol. The number of benzene rings is 1. The first-order valence-electron chi connectivity index (χ1n) is 4.09. The average Bonchev–Trinajstić information content (AvgIpc) is 2.58. The Labute approximate surface area is 80.3 Å². The van der Waals surface area contributed by atoms with Gasteiger partial charge in [0.25, 0.3) is 0 Å². The first-order valence-corrected chi connectivity index (χ1v) is 4.86. The van der Waals surface area contributed by atoms with Crippen LogP contribution in [-0.4, -0.2) is 17.5 Å². The van der Waals surface area contributed by atoms with Crippen LogP contribution in [0.4, 0.5) is 0 Å². The van der Waals surface area contributed by atoms with E-state index in [4.69, 9.17) is 10.5 Å². The smallest absolute Gasteiger partial charge is 0.201 e. The van der Waals surface area contributed by atoms with Crippen molar-refractivity contribution in [1.29, 1.82) is 0 Å². The maximum Gasteiger partial charge on any atom is 0.201 e. The number of hydrogen-bond donors (Lipinski definition) is 1. The van der Waals surface area contributed by atoms with E-state index in [2.05, 4.69) is 4.37 Å². The van der Waals surface area contributed by atoms with E-state index in [1.165, 1.54) is 11.5 Å². The normalized spacial score (nSPS) is 10.5. The van der Waals surface area contributed by atoms with E-state index >= 15 is 0 Å². The molecule has 0 unspecified atom stereocenters. The SMILES string of the molecule is NCCOc1snc2ccccc12. The maximum atomic E-state index is 5.44. The van der Waals surface area contributed by atoms with Crippen molar-refractivity contribution in [2.75, 3.05) is 13.2 Å². The molecule has 2 N–H and O–H groups in total. The molecular formula is C9H10N2OS. The summed E-state index contributed by atoms with van der Waals surface area (Å²) >= 11 is 1.37. The zero-order valence-corrected chi connectivity index (χ0v) is 7.88. The van der Waals surface area contributed by atoms with Crippen molar-refractivity contribution in [2.24, 2.45) is 5.73 Å². The highest BCUT2D eigenvalue weighted by atomic mass is 32.1. The molecule has 0 aliphatic rings. The zero-order valence-electron chi connectivity index (χ0n) is 7.06. The molecule has 0 aliphatic carbocycles. The van der Waals surface area contributed by atoms with Crippen LogP contribution in [0.5, 0.6) is 5.06 Å². The van der Waals surface area contributed by atoms with Crippen molar-refractivity contribution in [2.45, 2.75) is 0 Å². The Kier molecular flexibility index (Phi) is 2.42. The molecule has 0 fully saturated rings. The highest BCUT2D eigenvalue weighted by Gasteiger charge is 2.04. The summed E-state index contributed by atoms with van der Waals surface area (Å²) in [4.78, 5) is 0. The molecule has 4 heteroatoms. The number of rotatable bonds is 3. The molecule has 0 bridgehead atoms. The molecule has 68 valence electrons. The van der Waals surface area contributed by atoms with Gasteiger partial charge in [-0.25, -0.2) is 0 Å². The first kappa shape index (κ1) is 8.47. The highest BCUT2D eigenvalue weighted by molar-refractivity contribution is 7.09. The highest BCUT2D eigenvalue weighted by Crippen LogP contribution is 2.29. The molecule has 0 spiro atoms. The summed E-state index contributed by atoms with van der Waals surface area (Å²) in [6.07, 6.45) is 0. The predicted octanol–water partition coefficient (Wildman–Crippen LogP) is 1.63. The van der Waals surface area contributed by atoms with E-state index in [-0.39, 0.29) is 0 Å². The third-order valence-electron chi connectivity index (χ3n) is 1.70. The third kappa shape index (κ3) is 1.64. The minimum Gasteiger partial charge on any atom is -0.481 e. The van der Waals surface area contributed by atoms with Gasteiger partial charge in [0.2, 0.25) is 5.06 Å². The van der Waals surface area contributed by atoms with Gasteiger partial charge >= 0.3 is 0 Å². The largest absolute Gasteiger partial charge is 0.481 e. The third-order valence-corrected chi connectivity index (χ3v) is 2.49.